The van der Waals surface area contributed by atoms with Crippen LogP contribution in [0.1, 0.15) is 5.56 Å². The molecular formula is C16H10NO. The average molecular weight is 232 g/mol. The molecule has 3 rings (SSSR count). The maximum atomic E-state index is 10.5. The second kappa shape index (κ2) is 4.41. The number of para-hydroxylation sites is 1. The number of nitrogens with zero attached hydrogens (tertiary/aromatic N) is 1. The number of hydrogen-bond donors (Lipinski definition) is 0. The molecule has 0 aliphatic heterocycles. The number of aromatic nitrogens is 1. The molecule has 0 fully saturated rings. The van der Waals surface area contributed by atoms with Crippen molar-refractivity contribution in [2.45, 2.75) is 0 Å². The van der Waals surface area contributed by atoms with Crippen molar-refractivity contribution in [3.05, 3.63) is 66.4 Å². The van der Waals surface area contributed by atoms with E-state index in [-0.39, 0.29) is 0 Å². The molecule has 0 saturated carbocycles. The lowest BCUT2D eigenvalue weighted by molar-refractivity contribution is 0.563. The summed E-state index contributed by atoms with van der Waals surface area (Å²) in [6.07, 6.45) is 3.72. The molecule has 0 aliphatic carbocycles. The Morgan fingerprint density at radius 1 is 0.889 bits per heavy atom. The summed E-state index contributed by atoms with van der Waals surface area (Å²) < 4.78 is 0. The first-order valence-electron chi connectivity index (χ1n) is 5.70. The van der Waals surface area contributed by atoms with Gasteiger partial charge in [0.15, 0.2) is 0 Å². The maximum absolute atomic E-state index is 10.5. The molecule has 0 saturated heterocycles. The highest BCUT2D eigenvalue weighted by atomic mass is 16.1. The number of carbonyl (C=O) groups excluding carboxylic acids is 1. The summed E-state index contributed by atoms with van der Waals surface area (Å²) >= 11 is 0. The first-order valence-corrected chi connectivity index (χ1v) is 5.70. The van der Waals surface area contributed by atoms with Gasteiger partial charge in [0, 0.05) is 22.7 Å². The van der Waals surface area contributed by atoms with Crippen LogP contribution in [0.4, 0.5) is 0 Å². The SMILES string of the molecule is O=[C]c1ccc(-c2cnc3ccccc3c2)cc1. The lowest BCUT2D eigenvalue weighted by Crippen LogP contribution is -1.84. The van der Waals surface area contributed by atoms with E-state index < -0.39 is 0 Å². The molecular weight excluding hydrogens is 222 g/mol. The van der Waals surface area contributed by atoms with Crippen molar-refractivity contribution in [2.75, 3.05) is 0 Å². The molecule has 0 aliphatic rings. The standard InChI is InChI=1S/C16H10NO/c18-11-12-5-7-13(8-6-12)15-9-14-3-1-2-4-16(14)17-10-15/h1-10H. The topological polar surface area (TPSA) is 30.0 Å². The Hall–Kier alpha value is -2.48. The first-order chi connectivity index (χ1) is 8.86. The summed E-state index contributed by atoms with van der Waals surface area (Å²) in [7, 11) is 0. The third-order valence-corrected chi connectivity index (χ3v) is 2.93. The molecule has 3 aromatic rings. The molecule has 2 nitrogen and oxygen atoms in total. The number of pyridine rings is 1. The Morgan fingerprint density at radius 2 is 1.67 bits per heavy atom. The fourth-order valence-electron chi connectivity index (χ4n) is 1.96. The maximum Gasteiger partial charge on any atom is 0.233 e. The molecule has 1 aromatic heterocycles. The van der Waals surface area contributed by atoms with Gasteiger partial charge >= 0.3 is 0 Å². The Kier molecular flexibility index (Phi) is 2.61. The summed E-state index contributed by atoms with van der Waals surface area (Å²) in [5.74, 6) is 0. The Morgan fingerprint density at radius 3 is 2.44 bits per heavy atom. The van der Waals surface area contributed by atoms with Crippen LogP contribution in [-0.2, 0) is 4.79 Å². The van der Waals surface area contributed by atoms with Crippen molar-refractivity contribution >= 4 is 17.2 Å². The quantitative estimate of drug-likeness (QED) is 0.678. The second-order valence-corrected chi connectivity index (χ2v) is 4.10. The van der Waals surface area contributed by atoms with E-state index in [2.05, 4.69) is 11.1 Å². The largest absolute Gasteiger partial charge is 0.285 e. The van der Waals surface area contributed by atoms with Gasteiger partial charge in [0.05, 0.1) is 5.52 Å². The Balaban J connectivity index is 2.10. The molecule has 0 N–H and O–H groups in total. The minimum absolute atomic E-state index is 0.562. The van der Waals surface area contributed by atoms with E-state index in [4.69, 9.17) is 0 Å². The van der Waals surface area contributed by atoms with Crippen LogP contribution in [0, 0.1) is 0 Å². The van der Waals surface area contributed by atoms with Gasteiger partial charge in [-0.2, -0.15) is 0 Å². The van der Waals surface area contributed by atoms with E-state index in [1.165, 1.54) is 0 Å². The van der Waals surface area contributed by atoms with Crippen molar-refractivity contribution in [1.29, 1.82) is 0 Å². The highest BCUT2D eigenvalue weighted by Gasteiger charge is 2.00. The van der Waals surface area contributed by atoms with Crippen LogP contribution in [0.25, 0.3) is 22.0 Å². The van der Waals surface area contributed by atoms with Gasteiger partial charge in [0.25, 0.3) is 0 Å². The van der Waals surface area contributed by atoms with Crippen molar-refractivity contribution in [3.8, 4) is 11.1 Å². The lowest BCUT2D eigenvalue weighted by atomic mass is 10.0. The fourth-order valence-corrected chi connectivity index (χ4v) is 1.96. The van der Waals surface area contributed by atoms with Crippen LogP contribution >= 0.6 is 0 Å². The lowest BCUT2D eigenvalue weighted by Gasteiger charge is -2.03. The molecule has 0 atom stereocenters. The van der Waals surface area contributed by atoms with Crippen LogP contribution in [0.3, 0.4) is 0 Å². The van der Waals surface area contributed by atoms with Crippen molar-refractivity contribution < 1.29 is 4.79 Å². The number of fused-ring (bicyclic) bond motifs is 1. The van der Waals surface area contributed by atoms with E-state index in [1.54, 1.807) is 12.1 Å². The summed E-state index contributed by atoms with van der Waals surface area (Å²) in [5, 5.41) is 1.11. The molecule has 0 spiro atoms. The van der Waals surface area contributed by atoms with Gasteiger partial charge in [-0.1, -0.05) is 42.5 Å². The molecule has 0 unspecified atom stereocenters. The Bertz CT molecular complexity index is 702. The number of hydrogen-bond acceptors (Lipinski definition) is 2. The summed E-state index contributed by atoms with van der Waals surface area (Å²) in [4.78, 5) is 14.9. The fraction of sp³-hybridized carbons (Fsp3) is 0. The van der Waals surface area contributed by atoms with Gasteiger partial charge in [-0.3, -0.25) is 9.78 Å². The van der Waals surface area contributed by atoms with Crippen molar-refractivity contribution in [3.63, 3.8) is 0 Å². The van der Waals surface area contributed by atoms with Crippen LogP contribution in [0.15, 0.2) is 60.8 Å². The number of rotatable bonds is 2. The van der Waals surface area contributed by atoms with Gasteiger partial charge in [-0.05, 0) is 17.7 Å². The third kappa shape index (κ3) is 1.89. The molecule has 2 heteroatoms. The van der Waals surface area contributed by atoms with Crippen LogP contribution in [0.5, 0.6) is 0 Å². The van der Waals surface area contributed by atoms with Crippen LogP contribution in [-0.4, -0.2) is 11.3 Å². The zero-order valence-corrected chi connectivity index (χ0v) is 9.63. The highest BCUT2D eigenvalue weighted by molar-refractivity contribution is 5.84. The predicted octanol–water partition coefficient (Wildman–Crippen LogP) is 3.36. The third-order valence-electron chi connectivity index (χ3n) is 2.93. The molecule has 2 aromatic carbocycles. The summed E-state index contributed by atoms with van der Waals surface area (Å²) in [6.45, 7) is 0. The summed E-state index contributed by atoms with van der Waals surface area (Å²) in [6, 6.07) is 17.4. The molecule has 0 bridgehead atoms. The van der Waals surface area contributed by atoms with E-state index in [9.17, 15) is 4.79 Å². The smallest absolute Gasteiger partial charge is 0.233 e. The minimum Gasteiger partial charge on any atom is -0.285 e. The average Bonchev–Trinajstić information content (AvgIpc) is 2.47. The van der Waals surface area contributed by atoms with Gasteiger partial charge in [-0.15, -0.1) is 0 Å². The first kappa shape index (κ1) is 10.7. The highest BCUT2D eigenvalue weighted by Crippen LogP contribution is 2.22. The molecule has 85 valence electrons. The van der Waals surface area contributed by atoms with Gasteiger partial charge < -0.3 is 0 Å². The zero-order valence-electron chi connectivity index (χ0n) is 9.63. The second-order valence-electron chi connectivity index (χ2n) is 4.10. The van der Waals surface area contributed by atoms with Crippen LogP contribution < -0.4 is 0 Å². The minimum atomic E-state index is 0.562. The zero-order chi connectivity index (χ0) is 12.4. The molecule has 18 heavy (non-hydrogen) atoms. The summed E-state index contributed by atoms with van der Waals surface area (Å²) in [5.41, 5.74) is 3.64. The predicted molar refractivity (Wildman–Crippen MR) is 72.0 cm³/mol. The molecule has 1 heterocycles. The monoisotopic (exact) mass is 232 g/mol. The number of benzene rings is 2. The van der Waals surface area contributed by atoms with E-state index in [0.29, 0.717) is 5.56 Å². The van der Waals surface area contributed by atoms with Crippen LogP contribution in [0.2, 0.25) is 0 Å². The molecule has 0 amide bonds. The van der Waals surface area contributed by atoms with E-state index >= 15 is 0 Å². The van der Waals surface area contributed by atoms with E-state index in [1.807, 2.05) is 48.9 Å². The normalized spacial score (nSPS) is 10.4. The van der Waals surface area contributed by atoms with Gasteiger partial charge in [0.1, 0.15) is 0 Å². The van der Waals surface area contributed by atoms with Gasteiger partial charge in [-0.25, -0.2) is 0 Å². The van der Waals surface area contributed by atoms with Crippen molar-refractivity contribution in [1.82, 2.24) is 4.98 Å². The Labute approximate surface area is 105 Å². The van der Waals surface area contributed by atoms with Crippen molar-refractivity contribution in [2.24, 2.45) is 0 Å². The van der Waals surface area contributed by atoms with Gasteiger partial charge in [0.2, 0.25) is 6.29 Å². The molecule has 1 radical (unpaired) electrons. The van der Waals surface area contributed by atoms with E-state index in [0.717, 1.165) is 22.0 Å².